The van der Waals surface area contributed by atoms with E-state index in [0.29, 0.717) is 6.42 Å². The molecule has 0 aromatic heterocycles. The SMILES string of the molecule is CCc1c(OCC2(CO)CN(S(=O)(=O)c3ccccc3C#N)C2)ccc(C#N)c1F. The minimum absolute atomic E-state index is 0.00577. The van der Waals surface area contributed by atoms with Gasteiger partial charge in [0.15, 0.2) is 0 Å². The van der Waals surface area contributed by atoms with Gasteiger partial charge in [0, 0.05) is 18.7 Å². The molecule has 0 amide bonds. The highest BCUT2D eigenvalue weighted by molar-refractivity contribution is 7.89. The van der Waals surface area contributed by atoms with Gasteiger partial charge in [0.25, 0.3) is 0 Å². The Morgan fingerprint density at radius 2 is 1.83 bits per heavy atom. The Kier molecular flexibility index (Phi) is 6.09. The van der Waals surface area contributed by atoms with E-state index < -0.39 is 21.3 Å². The van der Waals surface area contributed by atoms with Crippen LogP contribution in [0.1, 0.15) is 23.6 Å². The van der Waals surface area contributed by atoms with Crippen molar-refractivity contribution in [3.63, 3.8) is 0 Å². The average Bonchev–Trinajstić information content (AvgIpc) is 2.73. The number of sulfonamides is 1. The molecule has 1 aliphatic rings. The first-order valence-corrected chi connectivity index (χ1v) is 10.7. The Morgan fingerprint density at radius 1 is 1.17 bits per heavy atom. The number of halogens is 1. The number of nitriles is 2. The van der Waals surface area contributed by atoms with Crippen molar-refractivity contribution >= 4 is 10.0 Å². The lowest BCUT2D eigenvalue weighted by Crippen LogP contribution is -2.62. The Morgan fingerprint density at radius 3 is 2.43 bits per heavy atom. The van der Waals surface area contributed by atoms with Crippen molar-refractivity contribution in [1.82, 2.24) is 4.31 Å². The topological polar surface area (TPSA) is 114 Å². The van der Waals surface area contributed by atoms with E-state index in [9.17, 15) is 23.2 Å². The van der Waals surface area contributed by atoms with Crippen molar-refractivity contribution in [1.29, 1.82) is 10.5 Å². The lowest BCUT2D eigenvalue weighted by Gasteiger charge is -2.47. The van der Waals surface area contributed by atoms with E-state index in [-0.39, 0.29) is 53.6 Å². The Labute approximate surface area is 174 Å². The van der Waals surface area contributed by atoms with Crippen LogP contribution in [0.5, 0.6) is 5.75 Å². The highest BCUT2D eigenvalue weighted by Gasteiger charge is 2.49. The van der Waals surface area contributed by atoms with Crippen LogP contribution in [0, 0.1) is 33.9 Å². The normalized spacial score (nSPS) is 15.6. The molecule has 1 N–H and O–H groups in total. The van der Waals surface area contributed by atoms with E-state index in [0.717, 1.165) is 0 Å². The first-order valence-electron chi connectivity index (χ1n) is 9.26. The lowest BCUT2D eigenvalue weighted by atomic mass is 9.83. The molecular formula is C21H20FN3O4S. The molecule has 3 rings (SSSR count). The smallest absolute Gasteiger partial charge is 0.244 e. The van der Waals surface area contributed by atoms with Gasteiger partial charge in [-0.05, 0) is 30.7 Å². The summed E-state index contributed by atoms with van der Waals surface area (Å²) in [5.74, 6) is -0.376. The molecule has 30 heavy (non-hydrogen) atoms. The van der Waals surface area contributed by atoms with Gasteiger partial charge >= 0.3 is 0 Å². The molecule has 1 fully saturated rings. The summed E-state index contributed by atoms with van der Waals surface area (Å²) in [6.07, 6.45) is 0.314. The first-order chi connectivity index (χ1) is 14.3. The quantitative estimate of drug-likeness (QED) is 0.722. The first kappa shape index (κ1) is 21.7. The lowest BCUT2D eigenvalue weighted by molar-refractivity contribution is -0.0275. The van der Waals surface area contributed by atoms with Crippen LogP contribution in [0.15, 0.2) is 41.3 Å². The second-order valence-corrected chi connectivity index (χ2v) is 9.10. The van der Waals surface area contributed by atoms with Gasteiger partial charge < -0.3 is 9.84 Å². The predicted octanol–water partition coefficient (Wildman–Crippen LogP) is 2.19. The predicted molar refractivity (Wildman–Crippen MR) is 105 cm³/mol. The third-order valence-electron chi connectivity index (χ3n) is 5.19. The van der Waals surface area contributed by atoms with Gasteiger partial charge in [-0.3, -0.25) is 0 Å². The van der Waals surface area contributed by atoms with E-state index in [4.69, 9.17) is 10.00 Å². The maximum absolute atomic E-state index is 14.3. The van der Waals surface area contributed by atoms with Gasteiger partial charge in [-0.25, -0.2) is 12.8 Å². The fourth-order valence-electron chi connectivity index (χ4n) is 3.42. The van der Waals surface area contributed by atoms with E-state index >= 15 is 0 Å². The minimum atomic E-state index is -3.89. The molecule has 1 saturated heterocycles. The Hall–Kier alpha value is -2.98. The molecule has 9 heteroatoms. The zero-order valence-corrected chi connectivity index (χ0v) is 17.1. The van der Waals surface area contributed by atoms with Crippen molar-refractivity contribution < 1.29 is 22.7 Å². The van der Waals surface area contributed by atoms with E-state index in [2.05, 4.69) is 0 Å². The molecule has 0 radical (unpaired) electrons. The number of aliphatic hydroxyl groups excluding tert-OH is 1. The van der Waals surface area contributed by atoms with Crippen molar-refractivity contribution in [2.45, 2.75) is 18.2 Å². The van der Waals surface area contributed by atoms with Gasteiger partial charge in [0.05, 0.1) is 34.7 Å². The van der Waals surface area contributed by atoms with Crippen molar-refractivity contribution in [3.8, 4) is 17.9 Å². The molecule has 1 heterocycles. The molecule has 2 aromatic rings. The number of hydrogen-bond donors (Lipinski definition) is 1. The summed E-state index contributed by atoms with van der Waals surface area (Å²) >= 11 is 0. The zero-order chi connectivity index (χ0) is 21.9. The molecule has 0 atom stereocenters. The molecule has 0 bridgehead atoms. The summed E-state index contributed by atoms with van der Waals surface area (Å²) in [6, 6.07) is 12.4. The molecule has 2 aromatic carbocycles. The fraction of sp³-hybridized carbons (Fsp3) is 0.333. The highest BCUT2D eigenvalue weighted by Crippen LogP contribution is 2.36. The number of ether oxygens (including phenoxy) is 1. The summed E-state index contributed by atoms with van der Waals surface area (Å²) in [6.45, 7) is 1.41. The van der Waals surface area contributed by atoms with Crippen LogP contribution in [0.4, 0.5) is 4.39 Å². The Bertz CT molecular complexity index is 1150. The van der Waals surface area contributed by atoms with Crippen LogP contribution in [-0.4, -0.2) is 44.1 Å². The van der Waals surface area contributed by atoms with Crippen LogP contribution in [-0.2, 0) is 16.4 Å². The number of benzene rings is 2. The van der Waals surface area contributed by atoms with Crippen LogP contribution in [0.2, 0.25) is 0 Å². The van der Waals surface area contributed by atoms with E-state index in [1.165, 1.54) is 28.6 Å². The molecule has 156 valence electrons. The van der Waals surface area contributed by atoms with E-state index in [1.54, 1.807) is 25.1 Å². The van der Waals surface area contributed by atoms with Crippen LogP contribution in [0.25, 0.3) is 0 Å². The van der Waals surface area contributed by atoms with Crippen molar-refractivity contribution in [2.24, 2.45) is 5.41 Å². The standard InChI is InChI=1S/C21H20FN3O4S/c1-2-17-18(8-7-16(10-24)20(17)22)29-14-21(13-26)11-25(12-21)30(27,28)19-6-4-3-5-15(19)9-23/h3-8,26H,2,11-14H2,1H3. The molecular weight excluding hydrogens is 409 g/mol. The molecule has 1 aliphatic heterocycles. The summed E-state index contributed by atoms with van der Waals surface area (Å²) in [5, 5.41) is 28.0. The number of nitrogens with zero attached hydrogens (tertiary/aromatic N) is 3. The highest BCUT2D eigenvalue weighted by atomic mass is 32.2. The third kappa shape index (κ3) is 3.75. The number of rotatable bonds is 7. The maximum atomic E-state index is 14.3. The molecule has 0 unspecified atom stereocenters. The van der Waals surface area contributed by atoms with Gasteiger partial charge in [0.2, 0.25) is 10.0 Å². The van der Waals surface area contributed by atoms with Gasteiger partial charge in [-0.1, -0.05) is 19.1 Å². The third-order valence-corrected chi connectivity index (χ3v) is 7.04. The fourth-order valence-corrected chi connectivity index (χ4v) is 5.23. The number of aliphatic hydroxyl groups is 1. The van der Waals surface area contributed by atoms with Crippen LogP contribution in [0.3, 0.4) is 0 Å². The second-order valence-electron chi connectivity index (χ2n) is 7.20. The van der Waals surface area contributed by atoms with Crippen molar-refractivity contribution in [2.75, 3.05) is 26.3 Å². The number of hydrogen-bond acceptors (Lipinski definition) is 6. The molecule has 7 nitrogen and oxygen atoms in total. The van der Waals surface area contributed by atoms with Crippen LogP contribution < -0.4 is 4.74 Å². The largest absolute Gasteiger partial charge is 0.492 e. The van der Waals surface area contributed by atoms with Gasteiger partial charge in [0.1, 0.15) is 23.7 Å². The molecule has 0 aliphatic carbocycles. The minimum Gasteiger partial charge on any atom is -0.492 e. The summed E-state index contributed by atoms with van der Waals surface area (Å²) in [7, 11) is -3.89. The van der Waals surface area contributed by atoms with Crippen molar-refractivity contribution in [3.05, 3.63) is 58.9 Å². The molecule has 0 spiro atoms. The summed E-state index contributed by atoms with van der Waals surface area (Å²) in [5.41, 5.74) is -0.609. The van der Waals surface area contributed by atoms with E-state index in [1.807, 2.05) is 6.07 Å². The monoisotopic (exact) mass is 429 g/mol. The Balaban J connectivity index is 1.76. The molecule has 0 saturated carbocycles. The zero-order valence-electron chi connectivity index (χ0n) is 16.3. The van der Waals surface area contributed by atoms with Gasteiger partial charge in [-0.2, -0.15) is 14.8 Å². The maximum Gasteiger partial charge on any atom is 0.244 e. The summed E-state index contributed by atoms with van der Waals surface area (Å²) < 4.78 is 47.0. The van der Waals surface area contributed by atoms with Gasteiger partial charge in [-0.15, -0.1) is 0 Å². The second kappa shape index (κ2) is 8.41. The van der Waals surface area contributed by atoms with Crippen LogP contribution >= 0.6 is 0 Å². The average molecular weight is 429 g/mol. The summed E-state index contributed by atoms with van der Waals surface area (Å²) in [4.78, 5) is -0.0811.